The highest BCUT2D eigenvalue weighted by molar-refractivity contribution is 7.92. The second-order valence-electron chi connectivity index (χ2n) is 17.6. The molecule has 3 saturated heterocycles. The van der Waals surface area contributed by atoms with Crippen molar-refractivity contribution in [3.05, 3.63) is 48.0 Å². The van der Waals surface area contributed by atoms with Crippen molar-refractivity contribution in [1.82, 2.24) is 24.0 Å². The molecule has 7 rings (SSSR count). The van der Waals surface area contributed by atoms with E-state index in [9.17, 15) is 8.42 Å². The van der Waals surface area contributed by atoms with Crippen molar-refractivity contribution in [2.45, 2.75) is 91.1 Å². The zero-order valence-corrected chi connectivity index (χ0v) is 35.4. The molecule has 0 amide bonds. The van der Waals surface area contributed by atoms with Crippen molar-refractivity contribution in [1.29, 1.82) is 0 Å². The van der Waals surface area contributed by atoms with Crippen LogP contribution in [0.4, 0.5) is 11.4 Å². The number of benzene rings is 2. The number of imidazole rings is 2. The van der Waals surface area contributed by atoms with E-state index in [1.165, 1.54) is 15.6 Å². The highest BCUT2D eigenvalue weighted by Crippen LogP contribution is 2.33. The van der Waals surface area contributed by atoms with Gasteiger partial charge in [0.1, 0.15) is 11.6 Å². The molecule has 2 aromatic heterocycles. The average Bonchev–Trinajstić information content (AvgIpc) is 3.73. The van der Waals surface area contributed by atoms with Crippen molar-refractivity contribution in [3.63, 3.8) is 0 Å². The third kappa shape index (κ3) is 10.2. The van der Waals surface area contributed by atoms with Gasteiger partial charge in [-0.05, 0) is 73.9 Å². The Kier molecular flexibility index (Phi) is 13.2. The lowest BCUT2D eigenvalue weighted by molar-refractivity contribution is 0.0408. The van der Waals surface area contributed by atoms with Gasteiger partial charge in [0, 0.05) is 89.8 Å². The Bertz CT molecular complexity index is 1980. The fraction of sp³-hybridized carbons (Fsp3) is 0.667. The van der Waals surface area contributed by atoms with Crippen LogP contribution in [0.25, 0.3) is 22.1 Å². The molecule has 4 aromatic rings. The fourth-order valence-corrected chi connectivity index (χ4v) is 9.05. The number of hydrogen-bond donors (Lipinski definition) is 1. The third-order valence-electron chi connectivity index (χ3n) is 11.2. The van der Waals surface area contributed by atoms with Gasteiger partial charge in [-0.3, -0.25) is 9.21 Å². The van der Waals surface area contributed by atoms with Crippen LogP contribution in [0.5, 0.6) is 0 Å². The normalized spacial score (nSPS) is 18.4. The van der Waals surface area contributed by atoms with Gasteiger partial charge in [-0.25, -0.2) is 18.4 Å². The summed E-state index contributed by atoms with van der Waals surface area (Å²) in [5, 5.41) is 3.20. The predicted molar refractivity (Wildman–Crippen MR) is 223 cm³/mol. The topological polar surface area (TPSA) is 116 Å². The number of hydrogen-bond acceptors (Lipinski definition) is 9. The van der Waals surface area contributed by atoms with Crippen LogP contribution in [-0.4, -0.2) is 112 Å². The number of morpholine rings is 1. The summed E-state index contributed by atoms with van der Waals surface area (Å²) in [6.07, 6.45) is 4.42. The van der Waals surface area contributed by atoms with E-state index < -0.39 is 10.0 Å². The molecule has 304 valence electrons. The maximum absolute atomic E-state index is 13.0. The van der Waals surface area contributed by atoms with Crippen LogP contribution in [0.1, 0.15) is 78.9 Å². The average molecular weight is 780 g/mol. The first-order valence-corrected chi connectivity index (χ1v) is 21.9. The van der Waals surface area contributed by atoms with Crippen LogP contribution in [0.3, 0.4) is 0 Å². The van der Waals surface area contributed by atoms with E-state index in [0.717, 1.165) is 106 Å². The molecule has 13 heteroatoms. The summed E-state index contributed by atoms with van der Waals surface area (Å²) in [5.41, 5.74) is 5.95. The maximum atomic E-state index is 13.0. The summed E-state index contributed by atoms with van der Waals surface area (Å²) in [6, 6.07) is 12.3. The van der Waals surface area contributed by atoms with Crippen molar-refractivity contribution in [2.24, 2.45) is 11.8 Å². The second kappa shape index (κ2) is 17.5. The zero-order valence-electron chi connectivity index (χ0n) is 34.6. The molecule has 0 spiro atoms. The summed E-state index contributed by atoms with van der Waals surface area (Å²) in [5.74, 6) is 3.57. The summed E-state index contributed by atoms with van der Waals surface area (Å²) >= 11 is 0. The quantitative estimate of drug-likeness (QED) is 0.189. The molecule has 0 atom stereocenters. The molecule has 3 aliphatic heterocycles. The Morgan fingerprint density at radius 3 is 1.69 bits per heavy atom. The molecule has 0 bridgehead atoms. The molecule has 1 N–H and O–H groups in total. The zero-order chi connectivity index (χ0) is 39.4. The highest BCUT2D eigenvalue weighted by Gasteiger charge is 2.28. The van der Waals surface area contributed by atoms with Gasteiger partial charge in [0.15, 0.2) is 0 Å². The van der Waals surface area contributed by atoms with Crippen LogP contribution < -0.4 is 9.62 Å². The smallest absolute Gasteiger partial charge is 0.236 e. The molecule has 55 heavy (non-hydrogen) atoms. The van der Waals surface area contributed by atoms with E-state index in [1.807, 2.05) is 25.2 Å². The van der Waals surface area contributed by atoms with E-state index >= 15 is 0 Å². The molecule has 5 heterocycles. The van der Waals surface area contributed by atoms with Crippen LogP contribution >= 0.6 is 0 Å². The van der Waals surface area contributed by atoms with Crippen LogP contribution in [-0.2, 0) is 48.2 Å². The van der Waals surface area contributed by atoms with Gasteiger partial charge in [-0.15, -0.1) is 0 Å². The number of fused-ring (bicyclic) bond motifs is 2. The van der Waals surface area contributed by atoms with E-state index in [4.69, 9.17) is 24.2 Å². The summed E-state index contributed by atoms with van der Waals surface area (Å²) < 4.78 is 48.6. The standard InChI is InChI=1S/C24H38N4O4S.C18H27N3O/c1-24(2,3)23-25-21-17-20(5-6-22(21)28(23)18-19-7-12-31-13-8-19)26(4)33(29,30)16-11-27-9-14-32-15-10-27;1-18(2,3)17-20-15-11-14(19-4)5-6-16(15)21(17)12-13-7-9-22-10-8-13/h5-6,17,19H,7-16,18H2,1-4H3;5-6,11,13,19H,7-10,12H2,1-4H3. The number of nitrogens with zero attached hydrogens (tertiary/aromatic N) is 6. The van der Waals surface area contributed by atoms with Crippen molar-refractivity contribution >= 4 is 43.5 Å². The molecule has 3 fully saturated rings. The summed E-state index contributed by atoms with van der Waals surface area (Å²) in [6.45, 7) is 22.1. The molecule has 0 saturated carbocycles. The van der Waals surface area contributed by atoms with Crippen molar-refractivity contribution < 1.29 is 22.6 Å². The monoisotopic (exact) mass is 779 g/mol. The molecule has 2 aromatic carbocycles. The Morgan fingerprint density at radius 1 is 0.727 bits per heavy atom. The van der Waals surface area contributed by atoms with E-state index in [-0.39, 0.29) is 16.6 Å². The van der Waals surface area contributed by atoms with E-state index in [0.29, 0.717) is 37.3 Å². The maximum Gasteiger partial charge on any atom is 0.236 e. The lowest BCUT2D eigenvalue weighted by atomic mass is 9.94. The van der Waals surface area contributed by atoms with Gasteiger partial charge in [-0.2, -0.15) is 0 Å². The van der Waals surface area contributed by atoms with Gasteiger partial charge in [0.05, 0.1) is 46.7 Å². The van der Waals surface area contributed by atoms with Crippen LogP contribution in [0.15, 0.2) is 36.4 Å². The number of nitrogens with one attached hydrogen (secondary N) is 1. The molecule has 0 radical (unpaired) electrons. The van der Waals surface area contributed by atoms with Crippen LogP contribution in [0.2, 0.25) is 0 Å². The van der Waals surface area contributed by atoms with Crippen molar-refractivity contribution in [2.75, 3.05) is 88.7 Å². The van der Waals surface area contributed by atoms with Crippen molar-refractivity contribution in [3.8, 4) is 0 Å². The van der Waals surface area contributed by atoms with E-state index in [2.05, 4.69) is 79.1 Å². The Hall–Kier alpha value is -3.23. The van der Waals surface area contributed by atoms with Gasteiger partial charge in [0.2, 0.25) is 10.0 Å². The molecule has 0 aliphatic carbocycles. The Labute approximate surface area is 329 Å². The Morgan fingerprint density at radius 2 is 1.20 bits per heavy atom. The highest BCUT2D eigenvalue weighted by atomic mass is 32.2. The first-order valence-electron chi connectivity index (χ1n) is 20.3. The van der Waals surface area contributed by atoms with Gasteiger partial charge in [0.25, 0.3) is 0 Å². The first kappa shape index (κ1) is 41.4. The third-order valence-corrected chi connectivity index (χ3v) is 13.0. The number of aromatic nitrogens is 4. The molecule has 12 nitrogen and oxygen atoms in total. The lowest BCUT2D eigenvalue weighted by Crippen LogP contribution is -2.41. The van der Waals surface area contributed by atoms with Crippen LogP contribution in [0, 0.1) is 11.8 Å². The minimum absolute atomic E-state index is 0.0456. The second-order valence-corrected chi connectivity index (χ2v) is 19.7. The minimum Gasteiger partial charge on any atom is -0.388 e. The number of anilines is 2. The molecule has 0 unspecified atom stereocenters. The van der Waals surface area contributed by atoms with Gasteiger partial charge in [-0.1, -0.05) is 41.5 Å². The molecular formula is C42H65N7O5S. The molecule has 3 aliphatic rings. The van der Waals surface area contributed by atoms with E-state index in [1.54, 1.807) is 7.05 Å². The summed E-state index contributed by atoms with van der Waals surface area (Å²) in [4.78, 5) is 12.1. The SMILES string of the molecule is CN(c1ccc2c(c1)nc(C(C)(C)C)n2CC1CCOCC1)S(=O)(=O)CCN1CCOCC1.CNc1ccc2c(c1)nc(C(C)(C)C)n2CC1CCOCC1. The molecular weight excluding hydrogens is 715 g/mol. The summed E-state index contributed by atoms with van der Waals surface area (Å²) in [7, 11) is 0.154. The lowest BCUT2D eigenvalue weighted by Gasteiger charge is -2.27. The largest absolute Gasteiger partial charge is 0.388 e. The number of ether oxygens (including phenoxy) is 3. The fourth-order valence-electron chi connectivity index (χ4n) is 7.86. The van der Waals surface area contributed by atoms with Gasteiger partial charge < -0.3 is 28.7 Å². The Balaban J connectivity index is 0.000000203. The van der Waals surface area contributed by atoms with Gasteiger partial charge >= 0.3 is 0 Å². The number of sulfonamides is 1. The number of rotatable bonds is 10. The predicted octanol–water partition coefficient (Wildman–Crippen LogP) is 6.66. The minimum atomic E-state index is -3.43. The first-order chi connectivity index (χ1) is 26.1.